The number of nitrogens with zero attached hydrogens (tertiary/aromatic N) is 1. The number of unbranched alkanes of at least 4 members (excludes halogenated alkanes) is 5. The average Bonchev–Trinajstić information content (AvgIpc) is 2.90. The predicted molar refractivity (Wildman–Crippen MR) is 127 cm³/mol. The molecule has 1 aromatic carbocycles. The maximum absolute atomic E-state index is 12.3. The third-order valence-electron chi connectivity index (χ3n) is 7.15. The first kappa shape index (κ1) is 23.1. The molecule has 0 aromatic heterocycles. The summed E-state index contributed by atoms with van der Waals surface area (Å²) in [6.45, 7) is 9.41. The summed E-state index contributed by atoms with van der Waals surface area (Å²) in [4.78, 5) is 12.3. The summed E-state index contributed by atoms with van der Waals surface area (Å²) in [5.74, 6) is 0.413. The second-order valence-electron chi connectivity index (χ2n) is 10.6. The molecule has 1 unspecified atom stereocenters. The Morgan fingerprint density at radius 2 is 1.80 bits per heavy atom. The summed E-state index contributed by atoms with van der Waals surface area (Å²) in [5, 5.41) is 0. The van der Waals surface area contributed by atoms with Crippen molar-refractivity contribution in [2.24, 2.45) is 11.3 Å². The van der Waals surface area contributed by atoms with E-state index in [1.54, 1.807) is 11.3 Å². The molecule has 1 aliphatic heterocycles. The molecule has 3 nitrogen and oxygen atoms in total. The lowest BCUT2D eigenvalue weighted by molar-refractivity contribution is 0.0526. The van der Waals surface area contributed by atoms with Crippen molar-refractivity contribution >= 4 is 17.2 Å². The van der Waals surface area contributed by atoms with Crippen molar-refractivity contribution in [2.75, 3.05) is 20.7 Å². The Hall–Kier alpha value is -1.61. The van der Waals surface area contributed by atoms with Gasteiger partial charge in [-0.1, -0.05) is 59.3 Å². The maximum atomic E-state index is 12.3. The predicted octanol–water partition coefficient (Wildman–Crippen LogP) is 7.34. The summed E-state index contributed by atoms with van der Waals surface area (Å²) < 4.78 is 6.03. The minimum atomic E-state index is -0.214. The molecule has 166 valence electrons. The number of hydrogen-bond donors (Lipinski definition) is 0. The highest BCUT2D eigenvalue weighted by atomic mass is 16.5. The average molecular weight is 413 g/mol. The van der Waals surface area contributed by atoms with Gasteiger partial charge in [0, 0.05) is 23.6 Å². The Labute approximate surface area is 184 Å². The zero-order chi connectivity index (χ0) is 21.9. The van der Waals surface area contributed by atoms with Crippen molar-refractivity contribution in [3.63, 3.8) is 0 Å². The number of hydrogen-bond acceptors (Lipinski definition) is 2. The number of esters is 1. The molecule has 0 amide bonds. The topological polar surface area (TPSA) is 26.3 Å². The molecule has 0 fully saturated rings. The molecule has 0 radical (unpaired) electrons. The smallest absolute Gasteiger partial charge is 0.338 e. The van der Waals surface area contributed by atoms with Crippen LogP contribution in [0.3, 0.4) is 0 Å². The molecule has 3 rings (SSSR count). The Morgan fingerprint density at radius 3 is 2.50 bits per heavy atom. The number of rotatable bonds is 9. The van der Waals surface area contributed by atoms with Gasteiger partial charge in [-0.15, -0.1) is 0 Å². The van der Waals surface area contributed by atoms with Gasteiger partial charge >= 0.3 is 5.97 Å². The van der Waals surface area contributed by atoms with Crippen LogP contribution in [0.4, 0.5) is 5.69 Å². The van der Waals surface area contributed by atoms with Crippen LogP contribution in [0.1, 0.15) is 101 Å². The Kier molecular flexibility index (Phi) is 7.12. The molecular formula is C27H42NO2+. The van der Waals surface area contributed by atoms with Crippen LogP contribution in [-0.4, -0.2) is 26.7 Å². The highest BCUT2D eigenvalue weighted by molar-refractivity contribution is 5.94. The second kappa shape index (κ2) is 9.26. The molecule has 0 spiro atoms. The van der Waals surface area contributed by atoms with Crippen LogP contribution >= 0.6 is 0 Å². The summed E-state index contributed by atoms with van der Waals surface area (Å²) >= 11 is 0. The van der Waals surface area contributed by atoms with Gasteiger partial charge in [-0.05, 0) is 43.2 Å². The first-order valence-electron chi connectivity index (χ1n) is 12.1. The molecule has 0 saturated carbocycles. The van der Waals surface area contributed by atoms with Gasteiger partial charge in [-0.25, -0.2) is 4.79 Å². The first-order chi connectivity index (χ1) is 14.2. The minimum Gasteiger partial charge on any atom is -0.462 e. The van der Waals surface area contributed by atoms with E-state index in [9.17, 15) is 4.79 Å². The SMILES string of the molecule is CCCCCCCCC1CC(C)(C)CC2=C1c1ccc(C(=O)OCC)cc1[N+]2(C)C. The standard InChI is InChI=1S/C27H42NO2/c1-7-9-10-11-12-13-14-21-18-27(3,4)19-24-25(21)22-16-15-20(26(29)30-8-2)17-23(22)28(24,5)6/h15-17,21H,7-14,18-19H2,1-6H3/q+1. The highest BCUT2D eigenvalue weighted by Crippen LogP contribution is 2.56. The van der Waals surface area contributed by atoms with Crippen LogP contribution in [0.5, 0.6) is 0 Å². The number of carbonyl (C=O) groups is 1. The molecule has 1 heterocycles. The molecule has 30 heavy (non-hydrogen) atoms. The number of quaternary nitrogens is 1. The van der Waals surface area contributed by atoms with Crippen molar-refractivity contribution in [3.05, 3.63) is 35.0 Å². The number of benzene rings is 1. The lowest BCUT2D eigenvalue weighted by atomic mass is 9.68. The summed E-state index contributed by atoms with van der Waals surface area (Å²) in [5.41, 5.74) is 6.77. The van der Waals surface area contributed by atoms with Crippen LogP contribution in [0, 0.1) is 11.3 Å². The van der Waals surface area contributed by atoms with Crippen molar-refractivity contribution in [3.8, 4) is 0 Å². The third-order valence-corrected chi connectivity index (χ3v) is 7.15. The van der Waals surface area contributed by atoms with Crippen LogP contribution in [0.25, 0.3) is 5.57 Å². The van der Waals surface area contributed by atoms with Crippen LogP contribution in [-0.2, 0) is 4.74 Å². The van der Waals surface area contributed by atoms with Crippen LogP contribution < -0.4 is 4.48 Å². The lowest BCUT2D eigenvalue weighted by Gasteiger charge is -2.39. The fourth-order valence-corrected chi connectivity index (χ4v) is 5.63. The van der Waals surface area contributed by atoms with Crippen molar-refractivity contribution in [2.45, 2.75) is 85.5 Å². The minimum absolute atomic E-state index is 0.214. The Bertz CT molecular complexity index is 803. The third kappa shape index (κ3) is 4.66. The van der Waals surface area contributed by atoms with Crippen LogP contribution in [0.15, 0.2) is 23.9 Å². The van der Waals surface area contributed by atoms with Crippen molar-refractivity contribution in [1.29, 1.82) is 0 Å². The highest BCUT2D eigenvalue weighted by Gasteiger charge is 2.48. The molecule has 0 saturated heterocycles. The van der Waals surface area contributed by atoms with E-state index >= 15 is 0 Å². The van der Waals surface area contributed by atoms with Gasteiger partial charge in [0.15, 0.2) is 0 Å². The van der Waals surface area contributed by atoms with Gasteiger partial charge < -0.3 is 4.74 Å². The zero-order valence-corrected chi connectivity index (χ0v) is 20.1. The molecule has 2 aliphatic rings. The van der Waals surface area contributed by atoms with E-state index in [2.05, 4.69) is 47.0 Å². The van der Waals surface area contributed by atoms with E-state index < -0.39 is 0 Å². The van der Waals surface area contributed by atoms with E-state index in [0.29, 0.717) is 23.5 Å². The molecule has 1 aromatic rings. The number of fused-ring (bicyclic) bond motifs is 2. The zero-order valence-electron chi connectivity index (χ0n) is 20.1. The Balaban J connectivity index is 1.86. The van der Waals surface area contributed by atoms with Gasteiger partial charge in [-0.2, -0.15) is 0 Å². The number of carbonyl (C=O) groups excluding carboxylic acids is 1. The quantitative estimate of drug-likeness (QED) is 0.241. The normalized spacial score (nSPS) is 21.3. The lowest BCUT2D eigenvalue weighted by Crippen LogP contribution is -2.41. The molecule has 3 heteroatoms. The van der Waals surface area contributed by atoms with E-state index in [0.717, 1.165) is 10.9 Å². The molecule has 0 bridgehead atoms. The first-order valence-corrected chi connectivity index (χ1v) is 12.1. The fourth-order valence-electron chi connectivity index (χ4n) is 5.63. The largest absolute Gasteiger partial charge is 0.462 e. The Morgan fingerprint density at radius 1 is 1.10 bits per heavy atom. The van der Waals surface area contributed by atoms with Crippen LogP contribution in [0.2, 0.25) is 0 Å². The monoisotopic (exact) mass is 412 g/mol. The van der Waals surface area contributed by atoms with Gasteiger partial charge in [0.25, 0.3) is 0 Å². The van der Waals surface area contributed by atoms with Gasteiger partial charge in [0.1, 0.15) is 11.4 Å². The van der Waals surface area contributed by atoms with Crippen molar-refractivity contribution in [1.82, 2.24) is 4.48 Å². The van der Waals surface area contributed by atoms with Gasteiger partial charge in [0.05, 0.1) is 26.3 Å². The summed E-state index contributed by atoms with van der Waals surface area (Å²) in [7, 11) is 4.58. The van der Waals surface area contributed by atoms with Crippen molar-refractivity contribution < 1.29 is 9.53 Å². The molecular weight excluding hydrogens is 370 g/mol. The molecule has 0 N–H and O–H groups in total. The molecule has 1 aliphatic carbocycles. The van der Waals surface area contributed by atoms with E-state index in [4.69, 9.17) is 4.74 Å². The second-order valence-corrected chi connectivity index (χ2v) is 10.6. The van der Waals surface area contributed by atoms with E-state index in [-0.39, 0.29) is 5.97 Å². The fraction of sp³-hybridized carbons (Fsp3) is 0.667. The van der Waals surface area contributed by atoms with Gasteiger partial charge in [-0.3, -0.25) is 4.48 Å². The molecule has 1 atom stereocenters. The summed E-state index contributed by atoms with van der Waals surface area (Å²) in [6.07, 6.45) is 11.8. The van der Waals surface area contributed by atoms with Gasteiger partial charge in [0.2, 0.25) is 0 Å². The maximum Gasteiger partial charge on any atom is 0.338 e. The van der Waals surface area contributed by atoms with E-state index in [1.807, 2.05) is 13.0 Å². The number of ether oxygens (including phenoxy) is 1. The number of allylic oxidation sites excluding steroid dienone is 2. The van der Waals surface area contributed by atoms with E-state index in [1.165, 1.54) is 62.6 Å². The summed E-state index contributed by atoms with van der Waals surface area (Å²) in [6, 6.07) is 6.24.